The van der Waals surface area contributed by atoms with Crippen molar-refractivity contribution in [3.05, 3.63) is 64.7 Å². The van der Waals surface area contributed by atoms with E-state index in [1.165, 1.54) is 24.3 Å². The van der Waals surface area contributed by atoms with Gasteiger partial charge in [0, 0.05) is 11.7 Å². The van der Waals surface area contributed by atoms with Crippen LogP contribution in [0, 0.1) is 11.3 Å². The number of carboxylic acids is 1. The molecule has 1 aliphatic carbocycles. The third-order valence-corrected chi connectivity index (χ3v) is 6.95. The molecule has 3 rings (SSSR count). The fraction of sp³-hybridized carbons (Fsp3) is 0.481. The van der Waals surface area contributed by atoms with E-state index in [4.69, 9.17) is 5.11 Å². The fourth-order valence-electron chi connectivity index (χ4n) is 4.67. The van der Waals surface area contributed by atoms with Crippen molar-refractivity contribution in [1.29, 1.82) is 0 Å². The molecule has 0 unspecified atom stereocenters. The number of benzene rings is 2. The van der Waals surface area contributed by atoms with Gasteiger partial charge in [0.25, 0.3) is 0 Å². The minimum absolute atomic E-state index is 0.00894. The predicted molar refractivity (Wildman–Crippen MR) is 130 cm³/mol. The molecule has 11 heteroatoms. The molecular weight excluding hydrogens is 514 g/mol. The number of aromatic carboxylic acids is 1. The SMILES string of the molecule is CC(C)(C)C1CCC(NC(=O)N(Cc2ccc(C(=O)O)cc2)c2cc(C(F)(F)F)cc(C(F)(F)F)c2)CC1. The van der Waals surface area contributed by atoms with E-state index in [1.807, 2.05) is 0 Å². The van der Waals surface area contributed by atoms with Gasteiger partial charge in [-0.25, -0.2) is 9.59 Å². The summed E-state index contributed by atoms with van der Waals surface area (Å²) in [5.74, 6) is -0.776. The number of carbonyl (C=O) groups is 2. The first-order valence-electron chi connectivity index (χ1n) is 12.1. The first kappa shape index (κ1) is 29.3. The van der Waals surface area contributed by atoms with Gasteiger partial charge in [-0.05, 0) is 72.9 Å². The number of urea groups is 1. The summed E-state index contributed by atoms with van der Waals surface area (Å²) >= 11 is 0. The Bertz CT molecular complexity index is 1110. The van der Waals surface area contributed by atoms with Crippen LogP contribution >= 0.6 is 0 Å². The Hall–Kier alpha value is -3.24. The fourth-order valence-corrected chi connectivity index (χ4v) is 4.67. The maximum absolute atomic E-state index is 13.5. The van der Waals surface area contributed by atoms with Crippen molar-refractivity contribution in [2.24, 2.45) is 11.3 Å². The summed E-state index contributed by atoms with van der Waals surface area (Å²) in [6.07, 6.45) is -7.24. The zero-order chi connectivity index (χ0) is 28.5. The second kappa shape index (κ2) is 10.9. The highest BCUT2D eigenvalue weighted by molar-refractivity contribution is 5.92. The van der Waals surface area contributed by atoms with Crippen LogP contribution in [0.4, 0.5) is 36.8 Å². The van der Waals surface area contributed by atoms with Crippen LogP contribution in [0.5, 0.6) is 0 Å². The number of carboxylic acid groups (broad SMARTS) is 1. The zero-order valence-electron chi connectivity index (χ0n) is 21.2. The molecule has 0 saturated heterocycles. The van der Waals surface area contributed by atoms with Crippen molar-refractivity contribution in [3.63, 3.8) is 0 Å². The number of carbonyl (C=O) groups excluding carboxylic acids is 1. The van der Waals surface area contributed by atoms with Crippen molar-refractivity contribution < 1.29 is 41.0 Å². The van der Waals surface area contributed by atoms with E-state index in [-0.39, 0.29) is 29.6 Å². The highest BCUT2D eigenvalue weighted by Crippen LogP contribution is 2.40. The Morgan fingerprint density at radius 2 is 1.37 bits per heavy atom. The summed E-state index contributed by atoms with van der Waals surface area (Å²) in [4.78, 5) is 25.3. The van der Waals surface area contributed by atoms with Gasteiger partial charge in [0.05, 0.1) is 23.2 Å². The van der Waals surface area contributed by atoms with Gasteiger partial charge in [-0.15, -0.1) is 0 Å². The van der Waals surface area contributed by atoms with E-state index in [0.29, 0.717) is 36.5 Å². The van der Waals surface area contributed by atoms with Gasteiger partial charge >= 0.3 is 24.4 Å². The standard InChI is InChI=1S/C27H30F6N2O3/c1-25(2,3)18-8-10-21(11-9-18)34-24(38)35(15-16-4-6-17(7-5-16)23(36)37)22-13-19(26(28,29)30)12-20(14-22)27(31,32)33/h4-7,12-14,18,21H,8-11,15H2,1-3H3,(H,34,38)(H,36,37). The van der Waals surface area contributed by atoms with Crippen LogP contribution in [0.1, 0.15) is 73.5 Å². The molecule has 38 heavy (non-hydrogen) atoms. The van der Waals surface area contributed by atoms with Gasteiger partial charge in [-0.3, -0.25) is 4.90 Å². The number of amides is 2. The lowest BCUT2D eigenvalue weighted by Gasteiger charge is -2.37. The van der Waals surface area contributed by atoms with Gasteiger partial charge < -0.3 is 10.4 Å². The average molecular weight is 545 g/mol. The van der Waals surface area contributed by atoms with Gasteiger partial charge in [0.1, 0.15) is 0 Å². The molecule has 2 amide bonds. The van der Waals surface area contributed by atoms with Crippen LogP contribution in [-0.2, 0) is 18.9 Å². The van der Waals surface area contributed by atoms with Crippen molar-refractivity contribution >= 4 is 17.7 Å². The summed E-state index contributed by atoms with van der Waals surface area (Å²) in [5, 5.41) is 11.9. The van der Waals surface area contributed by atoms with Crippen LogP contribution < -0.4 is 10.2 Å². The number of anilines is 1. The van der Waals surface area contributed by atoms with E-state index in [9.17, 15) is 35.9 Å². The molecule has 0 spiro atoms. The zero-order valence-corrected chi connectivity index (χ0v) is 21.2. The molecule has 5 nitrogen and oxygen atoms in total. The van der Waals surface area contributed by atoms with Gasteiger partial charge in [-0.1, -0.05) is 32.9 Å². The number of hydrogen-bond acceptors (Lipinski definition) is 2. The molecule has 0 aromatic heterocycles. The van der Waals surface area contributed by atoms with Crippen molar-refractivity contribution in [3.8, 4) is 0 Å². The first-order valence-corrected chi connectivity index (χ1v) is 12.1. The summed E-state index contributed by atoms with van der Waals surface area (Å²) in [7, 11) is 0. The molecule has 1 fully saturated rings. The molecule has 0 radical (unpaired) electrons. The Kier molecular flexibility index (Phi) is 8.38. The molecule has 1 aliphatic rings. The highest BCUT2D eigenvalue weighted by Gasteiger charge is 2.38. The number of hydrogen-bond donors (Lipinski definition) is 2. The lowest BCUT2D eigenvalue weighted by atomic mass is 9.71. The average Bonchev–Trinajstić information content (AvgIpc) is 2.81. The van der Waals surface area contributed by atoms with Crippen molar-refractivity contribution in [2.75, 3.05) is 4.90 Å². The smallest absolute Gasteiger partial charge is 0.416 e. The number of nitrogens with zero attached hydrogens (tertiary/aromatic N) is 1. The van der Waals surface area contributed by atoms with Crippen LogP contribution in [0.15, 0.2) is 42.5 Å². The summed E-state index contributed by atoms with van der Waals surface area (Å²) in [6, 6.07) is 5.12. The number of rotatable bonds is 5. The summed E-state index contributed by atoms with van der Waals surface area (Å²) in [5.41, 5.74) is -3.30. The maximum Gasteiger partial charge on any atom is 0.416 e. The lowest BCUT2D eigenvalue weighted by molar-refractivity contribution is -0.143. The molecule has 2 aromatic carbocycles. The van der Waals surface area contributed by atoms with E-state index in [1.54, 1.807) is 0 Å². The largest absolute Gasteiger partial charge is 0.478 e. The monoisotopic (exact) mass is 544 g/mol. The van der Waals surface area contributed by atoms with Crippen LogP contribution in [0.2, 0.25) is 0 Å². The minimum Gasteiger partial charge on any atom is -0.478 e. The van der Waals surface area contributed by atoms with Crippen molar-refractivity contribution in [2.45, 2.75) is 71.4 Å². The maximum atomic E-state index is 13.5. The van der Waals surface area contributed by atoms with Crippen LogP contribution in [-0.4, -0.2) is 23.1 Å². The van der Waals surface area contributed by atoms with Crippen LogP contribution in [0.25, 0.3) is 0 Å². The van der Waals surface area contributed by atoms with Crippen molar-refractivity contribution in [1.82, 2.24) is 5.32 Å². The van der Waals surface area contributed by atoms with E-state index in [0.717, 1.165) is 17.7 Å². The van der Waals surface area contributed by atoms with E-state index in [2.05, 4.69) is 26.1 Å². The molecule has 0 atom stereocenters. The Labute approximate surface area is 216 Å². The quantitative estimate of drug-likeness (QED) is 0.378. The molecular formula is C27H30F6N2O3. The Morgan fingerprint density at radius 1 is 0.868 bits per heavy atom. The third-order valence-electron chi connectivity index (χ3n) is 6.95. The summed E-state index contributed by atoms with van der Waals surface area (Å²) < 4.78 is 81.1. The second-order valence-corrected chi connectivity index (χ2v) is 10.7. The summed E-state index contributed by atoms with van der Waals surface area (Å²) in [6.45, 7) is 6.00. The topological polar surface area (TPSA) is 69.6 Å². The second-order valence-electron chi connectivity index (χ2n) is 10.7. The number of alkyl halides is 6. The third kappa shape index (κ3) is 7.41. The molecule has 2 N–H and O–H groups in total. The Balaban J connectivity index is 1.96. The van der Waals surface area contributed by atoms with Gasteiger partial charge in [-0.2, -0.15) is 26.3 Å². The minimum atomic E-state index is -5.08. The van der Waals surface area contributed by atoms with E-state index >= 15 is 0 Å². The molecule has 208 valence electrons. The lowest BCUT2D eigenvalue weighted by Crippen LogP contribution is -2.46. The molecule has 0 aliphatic heterocycles. The number of nitrogens with one attached hydrogen (secondary N) is 1. The molecule has 0 heterocycles. The predicted octanol–water partition coefficient (Wildman–Crippen LogP) is 7.74. The van der Waals surface area contributed by atoms with Crippen LogP contribution in [0.3, 0.4) is 0 Å². The van der Waals surface area contributed by atoms with Gasteiger partial charge in [0.2, 0.25) is 0 Å². The first-order chi connectivity index (χ1) is 17.4. The van der Waals surface area contributed by atoms with Gasteiger partial charge in [0.15, 0.2) is 0 Å². The molecule has 0 bridgehead atoms. The molecule has 1 saturated carbocycles. The van der Waals surface area contributed by atoms with E-state index < -0.39 is 41.2 Å². The Morgan fingerprint density at radius 3 is 1.79 bits per heavy atom. The number of halogens is 6. The molecule has 2 aromatic rings. The normalized spacial score (nSPS) is 18.7. The highest BCUT2D eigenvalue weighted by atomic mass is 19.4.